The van der Waals surface area contributed by atoms with Crippen molar-refractivity contribution in [1.29, 1.82) is 0 Å². The minimum Gasteiger partial charge on any atom is -0.379 e. The van der Waals surface area contributed by atoms with Crippen LogP contribution in [0.15, 0.2) is 41.3 Å². The third-order valence-electron chi connectivity index (χ3n) is 5.55. The summed E-state index contributed by atoms with van der Waals surface area (Å²) >= 11 is 1.46. The standard InChI is InChI=1S/C23H27N3O4S2/c1-16-14-17(2)21-19(15-16)24-23(31-21)26(9-8-25-10-12-30-13-11-25)22(27)18-6-4-5-7-20(18)32(3,28)29/h4-7,14-15H,8-13H2,1-3H3. The van der Waals surface area contributed by atoms with Gasteiger partial charge in [-0.05, 0) is 43.2 Å². The summed E-state index contributed by atoms with van der Waals surface area (Å²) in [5, 5.41) is 0.579. The molecule has 3 aromatic rings. The lowest BCUT2D eigenvalue weighted by atomic mass is 10.1. The van der Waals surface area contributed by atoms with Crippen molar-refractivity contribution in [1.82, 2.24) is 9.88 Å². The number of hydrogen-bond acceptors (Lipinski definition) is 7. The second-order valence-electron chi connectivity index (χ2n) is 8.11. The molecule has 0 atom stereocenters. The Labute approximate surface area is 192 Å². The molecule has 1 aromatic heterocycles. The highest BCUT2D eigenvalue weighted by molar-refractivity contribution is 7.90. The number of anilines is 1. The number of carbonyl (C=O) groups is 1. The predicted octanol–water partition coefficient (Wildman–Crippen LogP) is 3.30. The molecule has 0 unspecified atom stereocenters. The van der Waals surface area contributed by atoms with Gasteiger partial charge >= 0.3 is 0 Å². The molecule has 0 saturated carbocycles. The number of nitrogens with zero attached hydrogens (tertiary/aromatic N) is 3. The third-order valence-corrected chi connectivity index (χ3v) is 7.93. The van der Waals surface area contributed by atoms with Gasteiger partial charge in [0, 0.05) is 32.4 Å². The van der Waals surface area contributed by atoms with E-state index in [1.54, 1.807) is 23.1 Å². The maximum atomic E-state index is 13.7. The van der Waals surface area contributed by atoms with Crippen molar-refractivity contribution in [2.24, 2.45) is 0 Å². The number of thiazole rings is 1. The molecule has 170 valence electrons. The highest BCUT2D eigenvalue weighted by atomic mass is 32.2. The Morgan fingerprint density at radius 1 is 1.19 bits per heavy atom. The zero-order valence-corrected chi connectivity index (χ0v) is 20.1. The smallest absolute Gasteiger partial charge is 0.261 e. The molecular formula is C23H27N3O4S2. The van der Waals surface area contributed by atoms with E-state index in [0.29, 0.717) is 31.4 Å². The van der Waals surface area contributed by atoms with Gasteiger partial charge in [0.2, 0.25) is 0 Å². The quantitative estimate of drug-likeness (QED) is 0.547. The number of carbonyl (C=O) groups excluding carboxylic acids is 1. The first-order valence-electron chi connectivity index (χ1n) is 10.5. The Bertz CT molecular complexity index is 1250. The molecule has 1 saturated heterocycles. The summed E-state index contributed by atoms with van der Waals surface area (Å²) < 4.78 is 31.1. The van der Waals surface area contributed by atoms with Crippen LogP contribution < -0.4 is 4.90 Å². The fourth-order valence-electron chi connectivity index (χ4n) is 3.94. The zero-order valence-electron chi connectivity index (χ0n) is 18.5. The van der Waals surface area contributed by atoms with Crippen LogP contribution >= 0.6 is 11.3 Å². The summed E-state index contributed by atoms with van der Waals surface area (Å²) in [5.74, 6) is -0.354. The number of benzene rings is 2. The maximum Gasteiger partial charge on any atom is 0.261 e. The van der Waals surface area contributed by atoms with Gasteiger partial charge in [-0.3, -0.25) is 14.6 Å². The minimum absolute atomic E-state index is 0.0366. The first-order valence-corrected chi connectivity index (χ1v) is 13.2. The van der Waals surface area contributed by atoms with Crippen molar-refractivity contribution in [3.63, 3.8) is 0 Å². The normalized spacial score (nSPS) is 15.2. The molecule has 7 nitrogen and oxygen atoms in total. The Hall–Kier alpha value is -2.33. The number of aromatic nitrogens is 1. The number of ether oxygens (including phenoxy) is 1. The van der Waals surface area contributed by atoms with Gasteiger partial charge in [-0.15, -0.1) is 0 Å². The molecule has 0 spiro atoms. The summed E-state index contributed by atoms with van der Waals surface area (Å²) in [6, 6.07) is 10.5. The molecular weight excluding hydrogens is 446 g/mol. The number of rotatable bonds is 6. The Morgan fingerprint density at radius 2 is 1.91 bits per heavy atom. The lowest BCUT2D eigenvalue weighted by Crippen LogP contribution is -2.43. The van der Waals surface area contributed by atoms with E-state index >= 15 is 0 Å². The lowest BCUT2D eigenvalue weighted by molar-refractivity contribution is 0.0391. The van der Waals surface area contributed by atoms with Crippen molar-refractivity contribution in [2.75, 3.05) is 50.5 Å². The van der Waals surface area contributed by atoms with Crippen LogP contribution in [0.1, 0.15) is 21.5 Å². The monoisotopic (exact) mass is 473 g/mol. The summed E-state index contributed by atoms with van der Waals surface area (Å²) in [6.07, 6.45) is 1.13. The molecule has 9 heteroatoms. The van der Waals surface area contributed by atoms with E-state index in [2.05, 4.69) is 11.0 Å². The Kier molecular flexibility index (Phi) is 6.62. The minimum atomic E-state index is -3.56. The topological polar surface area (TPSA) is 79.8 Å². The molecule has 4 rings (SSSR count). The van der Waals surface area contributed by atoms with E-state index in [-0.39, 0.29) is 16.4 Å². The molecule has 32 heavy (non-hydrogen) atoms. The van der Waals surface area contributed by atoms with Crippen LogP contribution in [-0.2, 0) is 14.6 Å². The van der Waals surface area contributed by atoms with E-state index < -0.39 is 9.84 Å². The van der Waals surface area contributed by atoms with Crippen molar-refractivity contribution in [3.8, 4) is 0 Å². The van der Waals surface area contributed by atoms with E-state index in [1.807, 2.05) is 19.9 Å². The third kappa shape index (κ3) is 4.85. The number of amides is 1. The van der Waals surface area contributed by atoms with Crippen molar-refractivity contribution in [2.45, 2.75) is 18.7 Å². The van der Waals surface area contributed by atoms with Gasteiger partial charge in [-0.1, -0.05) is 29.5 Å². The van der Waals surface area contributed by atoms with Gasteiger partial charge in [0.15, 0.2) is 15.0 Å². The summed E-state index contributed by atoms with van der Waals surface area (Å²) in [6.45, 7) is 8.08. The molecule has 2 heterocycles. The van der Waals surface area contributed by atoms with Gasteiger partial charge in [-0.25, -0.2) is 13.4 Å². The summed E-state index contributed by atoms with van der Waals surface area (Å²) in [7, 11) is -3.56. The molecule has 1 aliphatic rings. The Morgan fingerprint density at radius 3 is 2.62 bits per heavy atom. The molecule has 1 fully saturated rings. The average molecular weight is 474 g/mol. The second kappa shape index (κ2) is 9.27. The number of morpholine rings is 1. The number of aryl methyl sites for hydroxylation is 2. The van der Waals surface area contributed by atoms with Crippen LogP contribution in [0.3, 0.4) is 0 Å². The largest absolute Gasteiger partial charge is 0.379 e. The van der Waals surface area contributed by atoms with Gasteiger partial charge in [0.1, 0.15) is 0 Å². The molecule has 0 bridgehead atoms. The SMILES string of the molecule is Cc1cc(C)c2sc(N(CCN3CCOCC3)C(=O)c3ccccc3S(C)(=O)=O)nc2c1. The number of hydrogen-bond donors (Lipinski definition) is 0. The fourth-order valence-corrected chi connectivity index (χ4v) is 5.86. The van der Waals surface area contributed by atoms with Gasteiger partial charge in [-0.2, -0.15) is 0 Å². The van der Waals surface area contributed by atoms with Crippen LogP contribution in [0.5, 0.6) is 0 Å². The second-order valence-corrected chi connectivity index (χ2v) is 11.1. The van der Waals surface area contributed by atoms with Crippen LogP contribution in [0, 0.1) is 13.8 Å². The lowest BCUT2D eigenvalue weighted by Gasteiger charge is -2.29. The van der Waals surface area contributed by atoms with Crippen LogP contribution in [0.2, 0.25) is 0 Å². The molecule has 1 aliphatic heterocycles. The molecule has 1 amide bonds. The van der Waals surface area contributed by atoms with E-state index in [1.165, 1.54) is 17.4 Å². The summed E-state index contributed by atoms with van der Waals surface area (Å²) in [5.41, 5.74) is 3.24. The summed E-state index contributed by atoms with van der Waals surface area (Å²) in [4.78, 5) is 22.4. The molecule has 0 aliphatic carbocycles. The van der Waals surface area contributed by atoms with Crippen molar-refractivity contribution < 1.29 is 17.9 Å². The molecule has 0 radical (unpaired) electrons. The van der Waals surface area contributed by atoms with Crippen molar-refractivity contribution >= 4 is 42.4 Å². The fraction of sp³-hybridized carbons (Fsp3) is 0.391. The molecule has 2 aromatic carbocycles. The molecule has 0 N–H and O–H groups in total. The average Bonchev–Trinajstić information content (AvgIpc) is 3.18. The van der Waals surface area contributed by atoms with E-state index in [0.717, 1.165) is 40.7 Å². The van der Waals surface area contributed by atoms with Gasteiger partial charge in [0.25, 0.3) is 5.91 Å². The highest BCUT2D eigenvalue weighted by Gasteiger charge is 2.27. The first kappa shape index (κ1) is 22.8. The predicted molar refractivity (Wildman–Crippen MR) is 128 cm³/mol. The van der Waals surface area contributed by atoms with E-state index in [9.17, 15) is 13.2 Å². The van der Waals surface area contributed by atoms with Crippen molar-refractivity contribution in [3.05, 3.63) is 53.1 Å². The Balaban J connectivity index is 1.74. The van der Waals surface area contributed by atoms with Crippen LogP contribution in [-0.4, -0.2) is 69.9 Å². The zero-order chi connectivity index (χ0) is 22.9. The number of fused-ring (bicyclic) bond motifs is 1. The van der Waals surface area contributed by atoms with Gasteiger partial charge < -0.3 is 4.74 Å². The van der Waals surface area contributed by atoms with E-state index in [4.69, 9.17) is 9.72 Å². The van der Waals surface area contributed by atoms with Crippen LogP contribution in [0.25, 0.3) is 10.2 Å². The number of sulfone groups is 1. The highest BCUT2D eigenvalue weighted by Crippen LogP contribution is 2.33. The van der Waals surface area contributed by atoms with Crippen LogP contribution in [0.4, 0.5) is 5.13 Å². The maximum absolute atomic E-state index is 13.7. The van der Waals surface area contributed by atoms with Gasteiger partial charge in [0.05, 0.1) is 33.9 Å². The first-order chi connectivity index (χ1) is 15.2.